The molecule has 2 aromatic heterocycles. The average molecular weight is 198 g/mol. The fourth-order valence-electron chi connectivity index (χ4n) is 1.45. The molecule has 0 aliphatic carbocycles. The predicted molar refractivity (Wildman–Crippen MR) is 55.8 cm³/mol. The van der Waals surface area contributed by atoms with Crippen molar-refractivity contribution in [2.45, 2.75) is 12.8 Å². The van der Waals surface area contributed by atoms with Gasteiger partial charge in [-0.3, -0.25) is 10.1 Å². The first-order valence-electron chi connectivity index (χ1n) is 4.71. The van der Waals surface area contributed by atoms with Crippen LogP contribution in [0.15, 0.2) is 30.7 Å². The van der Waals surface area contributed by atoms with Crippen LogP contribution in [0.2, 0.25) is 0 Å². The molecule has 2 aromatic rings. The van der Waals surface area contributed by atoms with Crippen LogP contribution in [-0.2, 0) is 6.42 Å². The Hall–Kier alpha value is -2.15. The fraction of sp³-hybridized carbons (Fsp3) is 0.182. The summed E-state index contributed by atoms with van der Waals surface area (Å²) >= 11 is 0. The van der Waals surface area contributed by atoms with Gasteiger partial charge in [0.2, 0.25) is 0 Å². The molecule has 0 atom stereocenters. The zero-order valence-electron chi connectivity index (χ0n) is 8.14. The van der Waals surface area contributed by atoms with Crippen LogP contribution in [-0.4, -0.2) is 15.2 Å². The minimum Gasteiger partial charge on any atom is -0.278 e. The maximum absolute atomic E-state index is 8.53. The van der Waals surface area contributed by atoms with Crippen LogP contribution >= 0.6 is 0 Å². The number of hydrogen-bond donors (Lipinski definition) is 1. The summed E-state index contributed by atoms with van der Waals surface area (Å²) in [5.41, 5.74) is 3.02. The van der Waals surface area contributed by atoms with Gasteiger partial charge in [-0.1, -0.05) is 0 Å². The Balaban J connectivity index is 2.30. The van der Waals surface area contributed by atoms with Gasteiger partial charge in [-0.25, -0.2) is 0 Å². The predicted octanol–water partition coefficient (Wildman–Crippen LogP) is 1.93. The lowest BCUT2D eigenvalue weighted by Crippen LogP contribution is -1.87. The van der Waals surface area contributed by atoms with Crippen LogP contribution in [0.1, 0.15) is 12.0 Å². The standard InChI is InChI=1S/C11H10N4/c12-5-1-3-10-8-14-15-11(10)9-4-2-6-13-7-9/h2,4,6-8H,1,3H2,(H,14,15). The van der Waals surface area contributed by atoms with Crippen molar-refractivity contribution in [2.24, 2.45) is 0 Å². The highest BCUT2D eigenvalue weighted by atomic mass is 15.1. The molecule has 2 heterocycles. The molecule has 0 aliphatic rings. The number of nitriles is 1. The molecule has 0 amide bonds. The number of aromatic nitrogens is 3. The van der Waals surface area contributed by atoms with E-state index in [1.807, 2.05) is 12.1 Å². The van der Waals surface area contributed by atoms with Crippen molar-refractivity contribution < 1.29 is 0 Å². The first kappa shape index (κ1) is 9.41. The second-order valence-electron chi connectivity index (χ2n) is 3.17. The maximum atomic E-state index is 8.53. The van der Waals surface area contributed by atoms with E-state index >= 15 is 0 Å². The van der Waals surface area contributed by atoms with Crippen LogP contribution in [0.25, 0.3) is 11.3 Å². The van der Waals surface area contributed by atoms with Crippen molar-refractivity contribution in [3.63, 3.8) is 0 Å². The molecular formula is C11H10N4. The minimum absolute atomic E-state index is 0.507. The molecule has 0 bridgehead atoms. The van der Waals surface area contributed by atoms with Gasteiger partial charge in [0.05, 0.1) is 18.0 Å². The monoisotopic (exact) mass is 198 g/mol. The molecule has 4 nitrogen and oxygen atoms in total. The largest absolute Gasteiger partial charge is 0.278 e. The molecular weight excluding hydrogens is 188 g/mol. The highest BCUT2D eigenvalue weighted by Crippen LogP contribution is 2.20. The number of H-pyrrole nitrogens is 1. The first-order valence-corrected chi connectivity index (χ1v) is 4.71. The molecule has 0 fully saturated rings. The SMILES string of the molecule is N#CCCc1cn[nH]c1-c1cccnc1. The minimum atomic E-state index is 0.507. The molecule has 1 N–H and O–H groups in total. The highest BCUT2D eigenvalue weighted by Gasteiger charge is 2.06. The lowest BCUT2D eigenvalue weighted by atomic mass is 10.1. The van der Waals surface area contributed by atoms with Gasteiger partial charge in [-0.15, -0.1) is 0 Å². The molecule has 4 heteroatoms. The Bertz CT molecular complexity index is 467. The smallest absolute Gasteiger partial charge is 0.0697 e. The highest BCUT2D eigenvalue weighted by molar-refractivity contribution is 5.61. The van der Waals surface area contributed by atoms with Gasteiger partial charge in [-0.2, -0.15) is 10.4 Å². The number of nitrogens with zero attached hydrogens (tertiary/aromatic N) is 3. The zero-order chi connectivity index (χ0) is 10.5. The molecule has 0 saturated heterocycles. The third-order valence-corrected chi connectivity index (χ3v) is 2.17. The molecule has 0 radical (unpaired) electrons. The Morgan fingerprint density at radius 3 is 3.07 bits per heavy atom. The van der Waals surface area contributed by atoms with Gasteiger partial charge >= 0.3 is 0 Å². The number of pyridine rings is 1. The Morgan fingerprint density at radius 2 is 2.33 bits per heavy atom. The number of aryl methyl sites for hydroxylation is 1. The fourth-order valence-corrected chi connectivity index (χ4v) is 1.45. The van der Waals surface area contributed by atoms with E-state index in [1.54, 1.807) is 18.6 Å². The first-order chi connectivity index (χ1) is 7.42. The van der Waals surface area contributed by atoms with Gasteiger partial charge in [0.1, 0.15) is 0 Å². The third kappa shape index (κ3) is 2.02. The van der Waals surface area contributed by atoms with Crippen LogP contribution in [0, 0.1) is 11.3 Å². The van der Waals surface area contributed by atoms with E-state index in [0.29, 0.717) is 6.42 Å². The summed E-state index contributed by atoms with van der Waals surface area (Å²) in [5, 5.41) is 15.5. The van der Waals surface area contributed by atoms with E-state index in [9.17, 15) is 0 Å². The second-order valence-corrected chi connectivity index (χ2v) is 3.17. The van der Waals surface area contributed by atoms with Crippen molar-refractivity contribution in [3.8, 4) is 17.3 Å². The van der Waals surface area contributed by atoms with Crippen molar-refractivity contribution >= 4 is 0 Å². The van der Waals surface area contributed by atoms with E-state index in [-0.39, 0.29) is 0 Å². The summed E-state index contributed by atoms with van der Waals surface area (Å²) in [6.45, 7) is 0. The molecule has 0 aliphatic heterocycles. The van der Waals surface area contributed by atoms with Gasteiger partial charge in [0, 0.05) is 24.4 Å². The lowest BCUT2D eigenvalue weighted by Gasteiger charge is -1.99. The number of aromatic amines is 1. The Morgan fingerprint density at radius 1 is 1.40 bits per heavy atom. The lowest BCUT2D eigenvalue weighted by molar-refractivity contribution is 1.01. The van der Waals surface area contributed by atoms with Crippen molar-refractivity contribution in [1.82, 2.24) is 15.2 Å². The molecule has 15 heavy (non-hydrogen) atoms. The molecule has 0 saturated carbocycles. The van der Waals surface area contributed by atoms with Crippen LogP contribution in [0.4, 0.5) is 0 Å². The molecule has 0 unspecified atom stereocenters. The Labute approximate surface area is 87.6 Å². The van der Waals surface area contributed by atoms with Crippen LogP contribution in [0.5, 0.6) is 0 Å². The van der Waals surface area contributed by atoms with E-state index in [0.717, 1.165) is 23.2 Å². The summed E-state index contributed by atoms with van der Waals surface area (Å²) in [4.78, 5) is 4.05. The van der Waals surface area contributed by atoms with E-state index < -0.39 is 0 Å². The number of nitrogens with one attached hydrogen (secondary N) is 1. The van der Waals surface area contributed by atoms with E-state index in [4.69, 9.17) is 5.26 Å². The van der Waals surface area contributed by atoms with Gasteiger partial charge in [-0.05, 0) is 24.1 Å². The average Bonchev–Trinajstić information content (AvgIpc) is 2.75. The molecule has 0 spiro atoms. The topological polar surface area (TPSA) is 65.4 Å². The van der Waals surface area contributed by atoms with Gasteiger partial charge in [0.15, 0.2) is 0 Å². The molecule has 74 valence electrons. The summed E-state index contributed by atoms with van der Waals surface area (Å²) in [6.07, 6.45) is 6.50. The maximum Gasteiger partial charge on any atom is 0.0697 e. The summed E-state index contributed by atoms with van der Waals surface area (Å²) in [5.74, 6) is 0. The third-order valence-electron chi connectivity index (χ3n) is 2.17. The Kier molecular flexibility index (Phi) is 2.75. The van der Waals surface area contributed by atoms with Crippen molar-refractivity contribution in [1.29, 1.82) is 5.26 Å². The van der Waals surface area contributed by atoms with Gasteiger partial charge in [0.25, 0.3) is 0 Å². The van der Waals surface area contributed by atoms with E-state index in [1.165, 1.54) is 0 Å². The number of hydrogen-bond acceptors (Lipinski definition) is 3. The molecule has 2 rings (SSSR count). The van der Waals surface area contributed by atoms with Gasteiger partial charge < -0.3 is 0 Å². The molecule has 0 aromatic carbocycles. The summed E-state index contributed by atoms with van der Waals surface area (Å²) < 4.78 is 0. The van der Waals surface area contributed by atoms with Crippen molar-refractivity contribution in [2.75, 3.05) is 0 Å². The quantitative estimate of drug-likeness (QED) is 0.819. The second kappa shape index (κ2) is 4.38. The summed E-state index contributed by atoms with van der Waals surface area (Å²) in [7, 11) is 0. The zero-order valence-corrected chi connectivity index (χ0v) is 8.14. The van der Waals surface area contributed by atoms with Crippen LogP contribution in [0.3, 0.4) is 0 Å². The van der Waals surface area contributed by atoms with Crippen LogP contribution < -0.4 is 0 Å². The number of rotatable bonds is 3. The summed E-state index contributed by atoms with van der Waals surface area (Å²) in [6, 6.07) is 5.98. The van der Waals surface area contributed by atoms with E-state index in [2.05, 4.69) is 21.3 Å². The normalized spacial score (nSPS) is 9.80. The van der Waals surface area contributed by atoms with Crippen molar-refractivity contribution in [3.05, 3.63) is 36.3 Å².